The number of carbonyl (C=O) groups excluding carboxylic acids is 1. The molecule has 0 radical (unpaired) electrons. The van der Waals surface area contributed by atoms with E-state index in [9.17, 15) is 4.79 Å². The Balaban J connectivity index is 1.25. The summed E-state index contributed by atoms with van der Waals surface area (Å²) >= 11 is 0. The fourth-order valence-electron chi connectivity index (χ4n) is 6.21. The standard InChI is InChI=1S/C40H53OS/c1-2-3-4-5-6-7-8-9-10-11-12-13-14-15-16-24-31-42(33-39(41)34-25-18-17-19-26-34)40-32-35-27-20-21-28-36(35)37-29-22-23-30-38(37)40/h17-23,25-30,32H,2-16,24,31,33H2,1H3/q+1. The Kier molecular flexibility index (Phi) is 14.5. The molecule has 0 aromatic heterocycles. The highest BCUT2D eigenvalue weighted by molar-refractivity contribution is 7.97. The van der Waals surface area contributed by atoms with E-state index >= 15 is 0 Å². The molecule has 0 spiro atoms. The van der Waals surface area contributed by atoms with Crippen LogP contribution in [0.4, 0.5) is 0 Å². The molecule has 2 heteroatoms. The van der Waals surface area contributed by atoms with E-state index < -0.39 is 0 Å². The van der Waals surface area contributed by atoms with Crippen molar-refractivity contribution in [1.82, 2.24) is 0 Å². The number of ketones is 1. The van der Waals surface area contributed by atoms with Crippen LogP contribution in [0.3, 0.4) is 0 Å². The van der Waals surface area contributed by atoms with Crippen molar-refractivity contribution in [1.29, 1.82) is 0 Å². The van der Waals surface area contributed by atoms with Gasteiger partial charge in [0.2, 0.25) is 5.78 Å². The summed E-state index contributed by atoms with van der Waals surface area (Å²) in [6.07, 6.45) is 22.1. The number of carbonyl (C=O) groups is 1. The van der Waals surface area contributed by atoms with Gasteiger partial charge >= 0.3 is 0 Å². The van der Waals surface area contributed by atoms with Gasteiger partial charge in [-0.05, 0) is 35.1 Å². The Bertz CT molecular complexity index is 1330. The summed E-state index contributed by atoms with van der Waals surface area (Å²) in [5.41, 5.74) is 0.840. The molecule has 0 heterocycles. The maximum Gasteiger partial charge on any atom is 0.212 e. The second-order valence-electron chi connectivity index (χ2n) is 12.1. The number of hydrogen-bond donors (Lipinski definition) is 0. The van der Waals surface area contributed by atoms with Crippen molar-refractivity contribution < 1.29 is 4.79 Å². The highest BCUT2D eigenvalue weighted by Crippen LogP contribution is 2.33. The molecule has 4 aromatic carbocycles. The summed E-state index contributed by atoms with van der Waals surface area (Å²) in [5.74, 6) is 1.97. The minimum absolute atomic E-state index is 0.116. The van der Waals surface area contributed by atoms with Crippen LogP contribution in [-0.4, -0.2) is 17.3 Å². The number of fused-ring (bicyclic) bond motifs is 3. The molecule has 0 aliphatic carbocycles. The Hall–Kier alpha value is -2.58. The van der Waals surface area contributed by atoms with Crippen LogP contribution in [-0.2, 0) is 10.9 Å². The molecule has 0 saturated heterocycles. The van der Waals surface area contributed by atoms with Crippen LogP contribution >= 0.6 is 0 Å². The van der Waals surface area contributed by atoms with Gasteiger partial charge in [0.25, 0.3) is 0 Å². The van der Waals surface area contributed by atoms with Crippen LogP contribution in [0.15, 0.2) is 89.8 Å². The van der Waals surface area contributed by atoms with Crippen molar-refractivity contribution in [3.05, 3.63) is 90.5 Å². The zero-order valence-electron chi connectivity index (χ0n) is 26.1. The van der Waals surface area contributed by atoms with Crippen molar-refractivity contribution in [3.63, 3.8) is 0 Å². The third-order valence-corrected chi connectivity index (χ3v) is 11.0. The molecule has 42 heavy (non-hydrogen) atoms. The Morgan fingerprint density at radius 2 is 1.00 bits per heavy atom. The predicted molar refractivity (Wildman–Crippen MR) is 187 cm³/mol. The van der Waals surface area contributed by atoms with Gasteiger partial charge in [-0.1, -0.05) is 170 Å². The number of rotatable bonds is 21. The summed E-state index contributed by atoms with van der Waals surface area (Å²) < 4.78 is 0. The van der Waals surface area contributed by atoms with Gasteiger partial charge in [-0.15, -0.1) is 0 Å². The fraction of sp³-hybridized carbons (Fsp3) is 0.475. The first kappa shape index (κ1) is 32.3. The van der Waals surface area contributed by atoms with Crippen molar-refractivity contribution in [2.75, 3.05) is 11.5 Å². The van der Waals surface area contributed by atoms with Crippen molar-refractivity contribution in [3.8, 4) is 0 Å². The largest absolute Gasteiger partial charge is 0.289 e. The molecule has 1 nitrogen and oxygen atoms in total. The molecule has 0 amide bonds. The third-order valence-electron chi connectivity index (χ3n) is 8.69. The molecule has 0 bridgehead atoms. The molecule has 4 rings (SSSR count). The Morgan fingerprint density at radius 3 is 1.60 bits per heavy atom. The summed E-state index contributed by atoms with van der Waals surface area (Å²) in [5, 5.41) is 5.21. The van der Waals surface area contributed by atoms with E-state index in [1.165, 1.54) is 129 Å². The number of hydrogen-bond acceptors (Lipinski definition) is 1. The number of unbranched alkanes of at least 4 members (excludes halogenated alkanes) is 15. The molecule has 224 valence electrons. The molecular formula is C40H53OS+. The summed E-state index contributed by atoms with van der Waals surface area (Å²) in [6, 6.07) is 29.8. The first-order valence-electron chi connectivity index (χ1n) is 16.9. The van der Waals surface area contributed by atoms with Gasteiger partial charge in [0.1, 0.15) is 5.75 Å². The van der Waals surface area contributed by atoms with Crippen LogP contribution < -0.4 is 0 Å². The lowest BCUT2D eigenvalue weighted by Crippen LogP contribution is -2.20. The van der Waals surface area contributed by atoms with Crippen LogP contribution in [0.5, 0.6) is 0 Å². The first-order chi connectivity index (χ1) is 20.8. The summed E-state index contributed by atoms with van der Waals surface area (Å²) in [7, 11) is -0.116. The van der Waals surface area contributed by atoms with Gasteiger partial charge in [0, 0.05) is 27.9 Å². The lowest BCUT2D eigenvalue weighted by Gasteiger charge is -2.13. The first-order valence-corrected chi connectivity index (χ1v) is 18.5. The minimum atomic E-state index is -0.116. The molecule has 0 aliphatic heterocycles. The van der Waals surface area contributed by atoms with Crippen LogP contribution in [0, 0.1) is 0 Å². The van der Waals surface area contributed by atoms with Crippen molar-refractivity contribution >= 4 is 38.2 Å². The van der Waals surface area contributed by atoms with Gasteiger partial charge in [-0.2, -0.15) is 0 Å². The van der Waals surface area contributed by atoms with Gasteiger partial charge < -0.3 is 0 Å². The molecule has 1 atom stereocenters. The zero-order chi connectivity index (χ0) is 29.2. The second-order valence-corrected chi connectivity index (χ2v) is 14.2. The number of benzene rings is 4. The smallest absolute Gasteiger partial charge is 0.212 e. The van der Waals surface area contributed by atoms with E-state index in [1.54, 1.807) is 0 Å². The van der Waals surface area contributed by atoms with Crippen LogP contribution in [0.2, 0.25) is 0 Å². The predicted octanol–water partition coefficient (Wildman–Crippen LogP) is 12.1. The van der Waals surface area contributed by atoms with Crippen LogP contribution in [0.25, 0.3) is 21.5 Å². The normalized spacial score (nSPS) is 12.2. The van der Waals surface area contributed by atoms with Crippen LogP contribution in [0.1, 0.15) is 120 Å². The van der Waals surface area contributed by atoms with E-state index in [4.69, 9.17) is 0 Å². The van der Waals surface area contributed by atoms with Gasteiger partial charge in [-0.25, -0.2) is 0 Å². The molecule has 1 unspecified atom stereocenters. The highest BCUT2D eigenvalue weighted by Gasteiger charge is 2.28. The Morgan fingerprint density at radius 1 is 0.524 bits per heavy atom. The molecule has 0 aliphatic rings. The molecule has 0 N–H and O–H groups in total. The van der Waals surface area contributed by atoms with Gasteiger partial charge in [0.15, 0.2) is 10.6 Å². The van der Waals surface area contributed by atoms with E-state index in [-0.39, 0.29) is 16.7 Å². The van der Waals surface area contributed by atoms with Crippen molar-refractivity contribution in [2.45, 2.75) is 115 Å². The maximum atomic E-state index is 13.4. The lowest BCUT2D eigenvalue weighted by molar-refractivity contribution is 0.102. The topological polar surface area (TPSA) is 17.1 Å². The Labute approximate surface area is 258 Å². The highest BCUT2D eigenvalue weighted by atomic mass is 32.2. The van der Waals surface area contributed by atoms with E-state index in [2.05, 4.69) is 61.5 Å². The van der Waals surface area contributed by atoms with Gasteiger partial charge in [0.05, 0.1) is 0 Å². The quantitative estimate of drug-likeness (QED) is 0.0414. The summed E-state index contributed by atoms with van der Waals surface area (Å²) in [4.78, 5) is 14.8. The lowest BCUT2D eigenvalue weighted by atomic mass is 10.0. The minimum Gasteiger partial charge on any atom is -0.289 e. The average molecular weight is 582 g/mol. The van der Waals surface area contributed by atoms with Gasteiger partial charge in [-0.3, -0.25) is 4.79 Å². The number of Topliss-reactive ketones (excluding diaryl/α,β-unsaturated/α-hetero) is 1. The molecule has 0 saturated carbocycles. The maximum absolute atomic E-state index is 13.4. The fourth-order valence-corrected chi connectivity index (χ4v) is 8.55. The molecule has 4 aromatic rings. The monoisotopic (exact) mass is 581 g/mol. The van der Waals surface area contributed by atoms with E-state index in [0.717, 1.165) is 11.3 Å². The SMILES string of the molecule is CCCCCCCCCCCCCCCCCC[S+](CC(=O)c1ccccc1)c1cc2ccccc2c2ccccc12. The zero-order valence-corrected chi connectivity index (χ0v) is 26.9. The third kappa shape index (κ3) is 10.3. The van der Waals surface area contributed by atoms with E-state index in [1.807, 2.05) is 30.3 Å². The summed E-state index contributed by atoms with van der Waals surface area (Å²) in [6.45, 7) is 2.29. The van der Waals surface area contributed by atoms with Crippen molar-refractivity contribution in [2.24, 2.45) is 0 Å². The molecule has 0 fully saturated rings. The second kappa shape index (κ2) is 18.9. The average Bonchev–Trinajstić information content (AvgIpc) is 3.04. The van der Waals surface area contributed by atoms with E-state index in [0.29, 0.717) is 5.75 Å². The molecular weight excluding hydrogens is 529 g/mol.